The zero-order valence-corrected chi connectivity index (χ0v) is 12.8. The first-order valence-electron chi connectivity index (χ1n) is 7.30. The maximum absolute atomic E-state index is 12.2. The molecule has 0 radical (unpaired) electrons. The third-order valence-electron chi connectivity index (χ3n) is 3.80. The first-order chi connectivity index (χ1) is 11.6. The standard InChI is InChI=1S/C17H13N5O2/c1-21-9-8-11-2-7-14(18-16(11)17(21)24)15-10-22(20-19-15)12-3-5-13(23)6-4-12/h2-10,23H,1H3. The van der Waals surface area contributed by atoms with Crippen LogP contribution >= 0.6 is 0 Å². The van der Waals surface area contributed by atoms with Crippen LogP contribution in [0.5, 0.6) is 5.75 Å². The molecule has 0 unspecified atom stereocenters. The highest BCUT2D eigenvalue weighted by Gasteiger charge is 2.09. The minimum atomic E-state index is -0.153. The molecule has 0 bridgehead atoms. The van der Waals surface area contributed by atoms with Gasteiger partial charge in [-0.05, 0) is 36.4 Å². The van der Waals surface area contributed by atoms with Gasteiger partial charge in [0.25, 0.3) is 5.56 Å². The van der Waals surface area contributed by atoms with Crippen LogP contribution in [0, 0.1) is 0 Å². The van der Waals surface area contributed by atoms with Gasteiger partial charge >= 0.3 is 0 Å². The van der Waals surface area contributed by atoms with Crippen LogP contribution in [-0.4, -0.2) is 29.7 Å². The first kappa shape index (κ1) is 14.1. The number of aryl methyl sites for hydroxylation is 1. The predicted molar refractivity (Wildman–Crippen MR) is 89.0 cm³/mol. The summed E-state index contributed by atoms with van der Waals surface area (Å²) in [5.41, 5.74) is 2.16. The molecule has 0 saturated carbocycles. The van der Waals surface area contributed by atoms with Gasteiger partial charge in [-0.25, -0.2) is 9.67 Å². The van der Waals surface area contributed by atoms with E-state index in [0.717, 1.165) is 11.1 Å². The Labute approximate surface area is 136 Å². The summed E-state index contributed by atoms with van der Waals surface area (Å²) in [6.07, 6.45) is 3.45. The van der Waals surface area contributed by atoms with Crippen LogP contribution in [0.4, 0.5) is 0 Å². The van der Waals surface area contributed by atoms with E-state index in [4.69, 9.17) is 0 Å². The van der Waals surface area contributed by atoms with Crippen LogP contribution in [0.25, 0.3) is 28.0 Å². The van der Waals surface area contributed by atoms with E-state index in [-0.39, 0.29) is 11.3 Å². The molecule has 3 heterocycles. The van der Waals surface area contributed by atoms with E-state index in [2.05, 4.69) is 15.3 Å². The Balaban J connectivity index is 1.79. The summed E-state index contributed by atoms with van der Waals surface area (Å²) >= 11 is 0. The van der Waals surface area contributed by atoms with Gasteiger partial charge in [0.1, 0.15) is 17.0 Å². The van der Waals surface area contributed by atoms with Gasteiger partial charge in [0.05, 0.1) is 17.6 Å². The lowest BCUT2D eigenvalue weighted by Crippen LogP contribution is -2.16. The Morgan fingerprint density at radius 2 is 1.79 bits per heavy atom. The second-order valence-electron chi connectivity index (χ2n) is 5.43. The molecule has 0 amide bonds. The SMILES string of the molecule is Cn1ccc2ccc(-c3cn(-c4ccc(O)cc4)nn3)nc2c1=O. The average Bonchev–Trinajstić information content (AvgIpc) is 3.09. The zero-order valence-electron chi connectivity index (χ0n) is 12.8. The summed E-state index contributed by atoms with van der Waals surface area (Å²) in [7, 11) is 1.69. The maximum Gasteiger partial charge on any atom is 0.276 e. The number of phenolic OH excluding ortho intramolecular Hbond substituents is 1. The lowest BCUT2D eigenvalue weighted by atomic mass is 10.2. The molecule has 118 valence electrons. The smallest absolute Gasteiger partial charge is 0.276 e. The number of aromatic hydroxyl groups is 1. The lowest BCUT2D eigenvalue weighted by Gasteiger charge is -2.02. The van der Waals surface area contributed by atoms with Crippen LogP contribution in [0.1, 0.15) is 0 Å². The van der Waals surface area contributed by atoms with Crippen LogP contribution in [0.15, 0.2) is 59.7 Å². The normalized spacial score (nSPS) is 11.0. The molecule has 24 heavy (non-hydrogen) atoms. The van der Waals surface area contributed by atoms with E-state index in [0.29, 0.717) is 16.9 Å². The van der Waals surface area contributed by atoms with E-state index in [1.807, 2.05) is 18.2 Å². The molecule has 0 atom stereocenters. The van der Waals surface area contributed by atoms with Crippen molar-refractivity contribution in [3.63, 3.8) is 0 Å². The molecule has 0 aliphatic heterocycles. The first-order valence-corrected chi connectivity index (χ1v) is 7.30. The van der Waals surface area contributed by atoms with Gasteiger partial charge in [0.15, 0.2) is 0 Å². The predicted octanol–water partition coefficient (Wildman–Crippen LogP) is 1.89. The Morgan fingerprint density at radius 1 is 1.00 bits per heavy atom. The van der Waals surface area contributed by atoms with Crippen LogP contribution in [-0.2, 0) is 7.05 Å². The van der Waals surface area contributed by atoms with Crippen molar-refractivity contribution in [3.8, 4) is 22.8 Å². The van der Waals surface area contributed by atoms with E-state index in [9.17, 15) is 9.90 Å². The third-order valence-corrected chi connectivity index (χ3v) is 3.80. The Bertz CT molecular complexity index is 1100. The Kier molecular flexibility index (Phi) is 3.13. The van der Waals surface area contributed by atoms with Gasteiger partial charge in [-0.3, -0.25) is 4.79 Å². The molecule has 3 aromatic heterocycles. The quantitative estimate of drug-likeness (QED) is 0.610. The maximum atomic E-state index is 12.2. The van der Waals surface area contributed by atoms with Crippen molar-refractivity contribution in [2.45, 2.75) is 0 Å². The number of pyridine rings is 2. The molecule has 0 spiro atoms. The summed E-state index contributed by atoms with van der Waals surface area (Å²) in [5, 5.41) is 18.3. The van der Waals surface area contributed by atoms with E-state index >= 15 is 0 Å². The van der Waals surface area contributed by atoms with E-state index in [1.165, 1.54) is 4.57 Å². The number of fused-ring (bicyclic) bond motifs is 1. The summed E-state index contributed by atoms with van der Waals surface area (Å²) in [4.78, 5) is 16.6. The van der Waals surface area contributed by atoms with Gasteiger partial charge in [-0.15, -0.1) is 5.10 Å². The summed E-state index contributed by atoms with van der Waals surface area (Å²) in [6, 6.07) is 12.1. The average molecular weight is 319 g/mol. The zero-order chi connectivity index (χ0) is 16.7. The lowest BCUT2D eigenvalue weighted by molar-refractivity contribution is 0.475. The Hall–Kier alpha value is -3.48. The van der Waals surface area contributed by atoms with E-state index < -0.39 is 0 Å². The van der Waals surface area contributed by atoms with Crippen molar-refractivity contribution in [3.05, 3.63) is 65.2 Å². The topological polar surface area (TPSA) is 85.8 Å². The molecular formula is C17H13N5O2. The second-order valence-corrected chi connectivity index (χ2v) is 5.43. The molecule has 4 aromatic rings. The molecule has 1 N–H and O–H groups in total. The molecule has 0 aliphatic rings. The summed E-state index contributed by atoms with van der Waals surface area (Å²) in [6.45, 7) is 0. The number of hydrogen-bond acceptors (Lipinski definition) is 5. The molecule has 1 aromatic carbocycles. The van der Waals surface area contributed by atoms with Gasteiger partial charge in [-0.1, -0.05) is 11.3 Å². The molecule has 0 fully saturated rings. The van der Waals surface area contributed by atoms with Crippen molar-refractivity contribution < 1.29 is 5.11 Å². The van der Waals surface area contributed by atoms with Crippen LogP contribution < -0.4 is 5.56 Å². The monoisotopic (exact) mass is 319 g/mol. The molecular weight excluding hydrogens is 306 g/mol. The van der Waals surface area contributed by atoms with Gasteiger partial charge in [0, 0.05) is 18.6 Å². The fraction of sp³-hybridized carbons (Fsp3) is 0.0588. The number of aromatic nitrogens is 5. The number of benzene rings is 1. The van der Waals surface area contributed by atoms with Crippen LogP contribution in [0.3, 0.4) is 0 Å². The van der Waals surface area contributed by atoms with Crippen molar-refractivity contribution in [2.24, 2.45) is 7.05 Å². The highest BCUT2D eigenvalue weighted by atomic mass is 16.3. The number of hydrogen-bond donors (Lipinski definition) is 1. The fourth-order valence-corrected chi connectivity index (χ4v) is 2.46. The summed E-state index contributed by atoms with van der Waals surface area (Å²) in [5.74, 6) is 0.186. The summed E-state index contributed by atoms with van der Waals surface area (Å²) < 4.78 is 3.08. The number of rotatable bonds is 2. The number of nitrogens with zero attached hydrogens (tertiary/aromatic N) is 5. The molecule has 7 heteroatoms. The minimum Gasteiger partial charge on any atom is -0.508 e. The van der Waals surface area contributed by atoms with E-state index in [1.54, 1.807) is 48.4 Å². The fourth-order valence-electron chi connectivity index (χ4n) is 2.46. The Morgan fingerprint density at radius 3 is 2.58 bits per heavy atom. The van der Waals surface area contributed by atoms with Crippen molar-refractivity contribution in [2.75, 3.05) is 0 Å². The third kappa shape index (κ3) is 2.32. The van der Waals surface area contributed by atoms with Crippen LogP contribution in [0.2, 0.25) is 0 Å². The van der Waals surface area contributed by atoms with Gasteiger partial charge in [0.2, 0.25) is 0 Å². The van der Waals surface area contributed by atoms with Crippen molar-refractivity contribution >= 4 is 10.9 Å². The van der Waals surface area contributed by atoms with Crippen molar-refractivity contribution in [1.82, 2.24) is 24.5 Å². The largest absolute Gasteiger partial charge is 0.508 e. The molecule has 7 nitrogen and oxygen atoms in total. The molecule has 0 aliphatic carbocycles. The molecule has 4 rings (SSSR count). The highest BCUT2D eigenvalue weighted by Crippen LogP contribution is 2.19. The minimum absolute atomic E-state index is 0.153. The van der Waals surface area contributed by atoms with Gasteiger partial charge < -0.3 is 9.67 Å². The number of phenols is 1. The highest BCUT2D eigenvalue weighted by molar-refractivity contribution is 5.80. The van der Waals surface area contributed by atoms with Gasteiger partial charge in [-0.2, -0.15) is 0 Å². The van der Waals surface area contributed by atoms with Crippen molar-refractivity contribution in [1.29, 1.82) is 0 Å². The second kappa shape index (κ2) is 5.31. The molecule has 0 saturated heterocycles.